The van der Waals surface area contributed by atoms with Crippen LogP contribution < -0.4 is 0 Å². The molecule has 1 aliphatic rings. The molecule has 0 aromatic heterocycles. The Morgan fingerprint density at radius 1 is 1.50 bits per heavy atom. The molecule has 1 aromatic carbocycles. The van der Waals surface area contributed by atoms with Gasteiger partial charge in [-0.25, -0.2) is 13.4 Å². The predicted octanol–water partition coefficient (Wildman–Crippen LogP) is 3.16. The van der Waals surface area contributed by atoms with E-state index in [0.29, 0.717) is 9.37 Å². The third-order valence-electron chi connectivity index (χ3n) is 2.24. The lowest BCUT2D eigenvalue weighted by atomic mass is 10.3. The minimum atomic E-state index is -2.77. The van der Waals surface area contributed by atoms with Crippen LogP contribution in [0.3, 0.4) is 0 Å². The highest BCUT2D eigenvalue weighted by Crippen LogP contribution is 2.34. The molecule has 2 nitrogen and oxygen atoms in total. The van der Waals surface area contributed by atoms with E-state index < -0.39 is 15.5 Å². The van der Waals surface area contributed by atoms with Crippen LogP contribution in [0.25, 0.3) is 0 Å². The third kappa shape index (κ3) is 1.70. The molecule has 1 aliphatic carbocycles. The van der Waals surface area contributed by atoms with Crippen LogP contribution in [0.1, 0.15) is 12.8 Å². The Morgan fingerprint density at radius 2 is 2.14 bits per heavy atom. The average Bonchev–Trinajstić information content (AvgIpc) is 2.92. The zero-order chi connectivity index (χ0) is 10.3. The lowest BCUT2D eigenvalue weighted by Crippen LogP contribution is -2.05. The molecule has 76 valence electrons. The van der Waals surface area contributed by atoms with E-state index >= 15 is 0 Å². The van der Waals surface area contributed by atoms with Gasteiger partial charge in [0.2, 0.25) is 0 Å². The van der Waals surface area contributed by atoms with Crippen molar-refractivity contribution in [2.24, 2.45) is 0 Å². The third-order valence-corrected chi connectivity index (χ3v) is 5.24. The predicted molar refractivity (Wildman–Crippen MR) is 56.3 cm³/mol. The Labute approximate surface area is 90.6 Å². The van der Waals surface area contributed by atoms with Crippen LogP contribution in [0.5, 0.6) is 0 Å². The van der Waals surface area contributed by atoms with E-state index in [4.69, 9.17) is 4.78 Å². The SMILES string of the molecule is N=S(=O)(c1ccc(Br)c(F)c1)C1CC1. The van der Waals surface area contributed by atoms with Crippen molar-refractivity contribution in [3.8, 4) is 0 Å². The monoisotopic (exact) mass is 277 g/mol. The molecule has 1 aromatic rings. The molecule has 0 bridgehead atoms. The Kier molecular flexibility index (Phi) is 2.39. The lowest BCUT2D eigenvalue weighted by Gasteiger charge is -2.06. The number of nitrogens with one attached hydrogen (secondary N) is 1. The van der Waals surface area contributed by atoms with E-state index in [0.717, 1.165) is 12.8 Å². The molecule has 0 amide bonds. The summed E-state index contributed by atoms with van der Waals surface area (Å²) in [6.07, 6.45) is 1.64. The maximum absolute atomic E-state index is 13.1. The first kappa shape index (κ1) is 10.1. The van der Waals surface area contributed by atoms with E-state index in [1.165, 1.54) is 12.1 Å². The van der Waals surface area contributed by atoms with Crippen LogP contribution in [0.15, 0.2) is 27.6 Å². The van der Waals surface area contributed by atoms with Crippen molar-refractivity contribution in [1.82, 2.24) is 0 Å². The molecule has 5 heteroatoms. The van der Waals surface area contributed by atoms with Crippen LogP contribution in [-0.4, -0.2) is 9.46 Å². The fourth-order valence-electron chi connectivity index (χ4n) is 1.26. The molecule has 1 atom stereocenters. The minimum Gasteiger partial charge on any atom is -0.249 e. The van der Waals surface area contributed by atoms with Crippen LogP contribution >= 0.6 is 15.9 Å². The molecule has 0 saturated heterocycles. The van der Waals surface area contributed by atoms with Gasteiger partial charge in [-0.1, -0.05) is 0 Å². The minimum absolute atomic E-state index is 0.0666. The van der Waals surface area contributed by atoms with Gasteiger partial charge in [-0.15, -0.1) is 0 Å². The fraction of sp³-hybridized carbons (Fsp3) is 0.333. The zero-order valence-corrected chi connectivity index (χ0v) is 9.70. The summed E-state index contributed by atoms with van der Waals surface area (Å²) in [5.41, 5.74) is 0. The van der Waals surface area contributed by atoms with Gasteiger partial charge in [-0.3, -0.25) is 0 Å². The van der Waals surface area contributed by atoms with Crippen LogP contribution in [0, 0.1) is 10.6 Å². The number of hydrogen-bond acceptors (Lipinski definition) is 2. The molecule has 1 N–H and O–H groups in total. The number of rotatable bonds is 2. The smallest absolute Gasteiger partial charge is 0.138 e. The van der Waals surface area contributed by atoms with Crippen molar-refractivity contribution in [2.75, 3.05) is 0 Å². The van der Waals surface area contributed by atoms with Gasteiger partial charge in [-0.2, -0.15) is 0 Å². The highest BCUT2D eigenvalue weighted by molar-refractivity contribution is 9.10. The summed E-state index contributed by atoms with van der Waals surface area (Å²) in [5, 5.41) is -0.0666. The second-order valence-corrected chi connectivity index (χ2v) is 6.57. The standard InChI is InChI=1S/C9H9BrFNOS/c10-8-4-3-7(5-9(8)11)14(12,13)6-1-2-6/h3-6,12H,1-2H2. The Bertz CT molecular complexity index is 468. The molecular formula is C9H9BrFNOS. The summed E-state index contributed by atoms with van der Waals surface area (Å²) in [5.74, 6) is -0.455. The average molecular weight is 278 g/mol. The van der Waals surface area contributed by atoms with Crippen molar-refractivity contribution in [1.29, 1.82) is 4.78 Å². The second-order valence-electron chi connectivity index (χ2n) is 3.38. The Morgan fingerprint density at radius 3 is 2.64 bits per heavy atom. The number of halogens is 2. The quantitative estimate of drug-likeness (QED) is 0.887. The van der Waals surface area contributed by atoms with Crippen LogP contribution in [0.4, 0.5) is 4.39 Å². The van der Waals surface area contributed by atoms with Gasteiger partial charge in [0.15, 0.2) is 0 Å². The van der Waals surface area contributed by atoms with Gasteiger partial charge in [0.25, 0.3) is 0 Å². The Balaban J connectivity index is 2.46. The van der Waals surface area contributed by atoms with E-state index in [9.17, 15) is 8.60 Å². The van der Waals surface area contributed by atoms with Gasteiger partial charge in [-0.05, 0) is 47.0 Å². The molecule has 1 unspecified atom stereocenters. The summed E-state index contributed by atoms with van der Waals surface area (Å²) in [6.45, 7) is 0. The summed E-state index contributed by atoms with van der Waals surface area (Å²) in [4.78, 5) is 0.306. The van der Waals surface area contributed by atoms with E-state index in [2.05, 4.69) is 15.9 Å². The molecule has 0 heterocycles. The van der Waals surface area contributed by atoms with Crippen molar-refractivity contribution in [2.45, 2.75) is 23.0 Å². The van der Waals surface area contributed by atoms with Gasteiger partial charge < -0.3 is 0 Å². The lowest BCUT2D eigenvalue weighted by molar-refractivity contribution is 0.615. The maximum Gasteiger partial charge on any atom is 0.138 e. The van der Waals surface area contributed by atoms with E-state index in [-0.39, 0.29) is 5.25 Å². The topological polar surface area (TPSA) is 40.9 Å². The fourth-order valence-corrected chi connectivity index (χ4v) is 3.24. The molecule has 14 heavy (non-hydrogen) atoms. The summed E-state index contributed by atoms with van der Waals surface area (Å²) in [7, 11) is -2.77. The molecule has 0 aliphatic heterocycles. The zero-order valence-electron chi connectivity index (χ0n) is 7.30. The van der Waals surface area contributed by atoms with Crippen molar-refractivity contribution in [3.63, 3.8) is 0 Å². The summed E-state index contributed by atoms with van der Waals surface area (Å²) >= 11 is 3.02. The molecular weight excluding hydrogens is 269 g/mol. The number of hydrogen-bond donors (Lipinski definition) is 1. The van der Waals surface area contributed by atoms with Gasteiger partial charge >= 0.3 is 0 Å². The van der Waals surface area contributed by atoms with Crippen molar-refractivity contribution < 1.29 is 8.60 Å². The Hall–Kier alpha value is -0.420. The largest absolute Gasteiger partial charge is 0.249 e. The molecule has 1 saturated carbocycles. The van der Waals surface area contributed by atoms with Crippen LogP contribution in [-0.2, 0) is 9.73 Å². The summed E-state index contributed by atoms with van der Waals surface area (Å²) in [6, 6.07) is 4.25. The first-order valence-corrected chi connectivity index (χ1v) is 6.66. The number of benzene rings is 1. The highest BCUT2D eigenvalue weighted by Gasteiger charge is 2.33. The van der Waals surface area contributed by atoms with Crippen LogP contribution in [0.2, 0.25) is 0 Å². The first-order valence-electron chi connectivity index (χ1n) is 4.24. The molecule has 0 spiro atoms. The van der Waals surface area contributed by atoms with Crippen molar-refractivity contribution in [3.05, 3.63) is 28.5 Å². The van der Waals surface area contributed by atoms with Gasteiger partial charge in [0, 0.05) is 5.25 Å². The maximum atomic E-state index is 13.1. The van der Waals surface area contributed by atoms with Gasteiger partial charge in [0.1, 0.15) is 5.82 Å². The highest BCUT2D eigenvalue weighted by atomic mass is 79.9. The normalized spacial score (nSPS) is 20.4. The van der Waals surface area contributed by atoms with E-state index in [1.807, 2.05) is 0 Å². The second kappa shape index (κ2) is 3.31. The first-order chi connectivity index (χ1) is 6.51. The molecule has 2 rings (SSSR count). The van der Waals surface area contributed by atoms with E-state index in [1.54, 1.807) is 6.07 Å². The van der Waals surface area contributed by atoms with Crippen molar-refractivity contribution >= 4 is 25.7 Å². The van der Waals surface area contributed by atoms with Gasteiger partial charge in [0.05, 0.1) is 19.1 Å². The molecule has 1 fully saturated rings. The summed E-state index contributed by atoms with van der Waals surface area (Å²) < 4.78 is 33.1. The molecule has 0 radical (unpaired) electrons.